The Hall–Kier alpha value is -3.33. The van der Waals surface area contributed by atoms with Crippen LogP contribution < -0.4 is 10.6 Å². The van der Waals surface area contributed by atoms with Gasteiger partial charge < -0.3 is 20.0 Å². The van der Waals surface area contributed by atoms with Crippen LogP contribution in [0.3, 0.4) is 0 Å². The van der Waals surface area contributed by atoms with E-state index < -0.39 is 17.8 Å². The van der Waals surface area contributed by atoms with Crippen molar-refractivity contribution in [2.75, 3.05) is 31.1 Å². The van der Waals surface area contributed by atoms with Crippen LogP contribution in [0.2, 0.25) is 0 Å². The highest BCUT2D eigenvalue weighted by Crippen LogP contribution is 2.32. The normalized spacial score (nSPS) is 15.6. The van der Waals surface area contributed by atoms with Crippen LogP contribution in [0.25, 0.3) is 0 Å². The fourth-order valence-corrected chi connectivity index (χ4v) is 3.72. The van der Waals surface area contributed by atoms with E-state index >= 15 is 0 Å². The number of amides is 1. The molecule has 3 aromatic rings. The van der Waals surface area contributed by atoms with Gasteiger partial charge in [-0.3, -0.25) is 4.79 Å². The van der Waals surface area contributed by atoms with Gasteiger partial charge in [0.25, 0.3) is 5.91 Å². The zero-order valence-corrected chi connectivity index (χ0v) is 17.3. The molecule has 4 rings (SSSR count). The maximum atomic E-state index is 13.0. The molecule has 1 fully saturated rings. The van der Waals surface area contributed by atoms with Crippen molar-refractivity contribution >= 4 is 11.6 Å². The van der Waals surface area contributed by atoms with Crippen molar-refractivity contribution in [2.45, 2.75) is 18.6 Å². The third-order valence-electron chi connectivity index (χ3n) is 5.46. The Morgan fingerprint density at radius 1 is 1.06 bits per heavy atom. The summed E-state index contributed by atoms with van der Waals surface area (Å²) in [5.74, 6) is 0.00964. The summed E-state index contributed by atoms with van der Waals surface area (Å²) in [6, 6.07) is 14.4. The molecule has 1 aromatic heterocycles. The van der Waals surface area contributed by atoms with Crippen LogP contribution in [0, 0.1) is 0 Å². The van der Waals surface area contributed by atoms with Gasteiger partial charge in [0, 0.05) is 31.9 Å². The second-order valence-electron chi connectivity index (χ2n) is 7.69. The topological polar surface area (TPSA) is 75.6 Å². The monoisotopic (exact) mass is 444 g/mol. The van der Waals surface area contributed by atoms with Crippen LogP contribution in [0.4, 0.5) is 18.9 Å². The van der Waals surface area contributed by atoms with Crippen molar-refractivity contribution in [3.8, 4) is 0 Å². The van der Waals surface area contributed by atoms with Gasteiger partial charge in [-0.1, -0.05) is 36.4 Å². The number of carbonyl (C=O) groups excluding carboxylic acids is 1. The zero-order valence-electron chi connectivity index (χ0n) is 17.3. The molecule has 1 aliphatic rings. The molecule has 1 aliphatic heterocycles. The molecule has 32 heavy (non-hydrogen) atoms. The Morgan fingerprint density at radius 2 is 1.78 bits per heavy atom. The van der Waals surface area contributed by atoms with Crippen molar-refractivity contribution in [1.29, 1.82) is 0 Å². The van der Waals surface area contributed by atoms with E-state index in [4.69, 9.17) is 10.2 Å². The Bertz CT molecular complexity index is 1060. The van der Waals surface area contributed by atoms with Crippen LogP contribution in [-0.4, -0.2) is 42.0 Å². The van der Waals surface area contributed by atoms with Gasteiger partial charge in [-0.05, 0) is 30.2 Å². The first-order valence-corrected chi connectivity index (χ1v) is 10.3. The van der Waals surface area contributed by atoms with Gasteiger partial charge in [0.15, 0.2) is 5.69 Å². The highest BCUT2D eigenvalue weighted by molar-refractivity contribution is 5.92. The van der Waals surface area contributed by atoms with E-state index in [1.807, 2.05) is 35.2 Å². The molecule has 0 aliphatic carbocycles. The Morgan fingerprint density at radius 3 is 2.47 bits per heavy atom. The number of nitrogens with zero attached hydrogens (tertiary/aromatic N) is 3. The average molecular weight is 444 g/mol. The third kappa shape index (κ3) is 4.94. The number of hydrogen-bond acceptors (Lipinski definition) is 5. The summed E-state index contributed by atoms with van der Waals surface area (Å²) in [7, 11) is 0. The number of aromatic nitrogens is 1. The van der Waals surface area contributed by atoms with E-state index in [1.54, 1.807) is 11.0 Å². The maximum Gasteiger partial charge on any atom is 0.416 e. The lowest BCUT2D eigenvalue weighted by Crippen LogP contribution is -2.49. The minimum absolute atomic E-state index is 0.177. The van der Waals surface area contributed by atoms with Gasteiger partial charge in [-0.25, -0.2) is 4.98 Å². The van der Waals surface area contributed by atoms with Crippen LogP contribution in [-0.2, 0) is 12.6 Å². The highest BCUT2D eigenvalue weighted by Gasteiger charge is 2.31. The lowest BCUT2D eigenvalue weighted by Gasteiger charge is -2.36. The van der Waals surface area contributed by atoms with Gasteiger partial charge in [-0.2, -0.15) is 13.2 Å². The molecule has 0 radical (unpaired) electrons. The van der Waals surface area contributed by atoms with Crippen molar-refractivity contribution in [3.63, 3.8) is 0 Å². The van der Waals surface area contributed by atoms with Gasteiger partial charge in [0.05, 0.1) is 11.6 Å². The molecule has 0 bridgehead atoms. The van der Waals surface area contributed by atoms with E-state index in [9.17, 15) is 18.0 Å². The first-order valence-electron chi connectivity index (χ1n) is 10.3. The minimum atomic E-state index is -4.39. The molecule has 2 N–H and O–H groups in total. The fourth-order valence-electron chi connectivity index (χ4n) is 3.72. The summed E-state index contributed by atoms with van der Waals surface area (Å²) >= 11 is 0. The van der Waals surface area contributed by atoms with Gasteiger partial charge >= 0.3 is 6.18 Å². The first-order chi connectivity index (χ1) is 15.3. The predicted molar refractivity (Wildman–Crippen MR) is 113 cm³/mol. The summed E-state index contributed by atoms with van der Waals surface area (Å²) in [6.07, 6.45) is -2.55. The van der Waals surface area contributed by atoms with Crippen LogP contribution in [0.5, 0.6) is 0 Å². The Labute approximate surface area is 183 Å². The number of anilines is 1. The van der Waals surface area contributed by atoms with Crippen LogP contribution in [0.1, 0.15) is 33.5 Å². The number of alkyl halides is 3. The second-order valence-corrected chi connectivity index (χ2v) is 7.69. The number of benzene rings is 2. The predicted octanol–water partition coefficient (Wildman–Crippen LogP) is 3.90. The number of halogens is 3. The summed E-state index contributed by atoms with van der Waals surface area (Å²) in [5, 5.41) is 0. The van der Waals surface area contributed by atoms with Crippen molar-refractivity contribution in [2.24, 2.45) is 5.73 Å². The highest BCUT2D eigenvalue weighted by atomic mass is 19.4. The number of rotatable bonds is 5. The molecule has 168 valence electrons. The summed E-state index contributed by atoms with van der Waals surface area (Å²) in [6.45, 7) is 1.58. The number of piperazine rings is 1. The molecule has 2 heterocycles. The van der Waals surface area contributed by atoms with E-state index in [0.717, 1.165) is 17.7 Å². The van der Waals surface area contributed by atoms with Crippen molar-refractivity contribution in [3.05, 3.63) is 83.6 Å². The molecule has 2 aromatic carbocycles. The fraction of sp³-hybridized carbons (Fsp3) is 0.304. The molecule has 1 saturated heterocycles. The number of hydrogen-bond donors (Lipinski definition) is 1. The van der Waals surface area contributed by atoms with E-state index in [1.165, 1.54) is 12.3 Å². The van der Waals surface area contributed by atoms with Gasteiger partial charge in [-0.15, -0.1) is 0 Å². The van der Waals surface area contributed by atoms with Crippen LogP contribution in [0.15, 0.2) is 65.3 Å². The molecule has 1 amide bonds. The zero-order chi connectivity index (χ0) is 22.7. The van der Waals surface area contributed by atoms with E-state index in [2.05, 4.69) is 4.98 Å². The summed E-state index contributed by atoms with van der Waals surface area (Å²) < 4.78 is 44.4. The smallest absolute Gasteiger partial charge is 0.416 e. The maximum absolute atomic E-state index is 13.0. The van der Waals surface area contributed by atoms with Crippen LogP contribution >= 0.6 is 0 Å². The lowest BCUT2D eigenvalue weighted by molar-refractivity contribution is -0.137. The number of carbonyl (C=O) groups is 1. The summed E-state index contributed by atoms with van der Waals surface area (Å²) in [4.78, 5) is 20.5. The lowest BCUT2D eigenvalue weighted by atomic mass is 10.1. The molecular weight excluding hydrogens is 421 g/mol. The Balaban J connectivity index is 1.36. The largest absolute Gasteiger partial charge is 0.446 e. The van der Waals surface area contributed by atoms with Crippen molar-refractivity contribution < 1.29 is 22.4 Å². The average Bonchev–Trinajstić information content (AvgIpc) is 3.29. The molecule has 1 unspecified atom stereocenters. The quantitative estimate of drug-likeness (QED) is 0.646. The standard InChI is InChI=1S/C23H23F3N4O2/c24-23(25,26)17-7-4-8-18(14-17)29-9-11-30(12-10-29)22(31)20-15-32-21(28-20)19(27)13-16-5-2-1-3-6-16/h1-8,14-15,19H,9-13,27H2. The second kappa shape index (κ2) is 9.04. The molecular formula is C23H23F3N4O2. The SMILES string of the molecule is NC(Cc1ccccc1)c1nc(C(=O)N2CCN(c3cccc(C(F)(F)F)c3)CC2)co1. The van der Waals surface area contributed by atoms with Crippen molar-refractivity contribution in [1.82, 2.24) is 9.88 Å². The summed E-state index contributed by atoms with van der Waals surface area (Å²) in [5.41, 5.74) is 7.20. The number of nitrogens with two attached hydrogens (primary N) is 1. The minimum Gasteiger partial charge on any atom is -0.446 e. The van der Waals surface area contributed by atoms with E-state index in [-0.39, 0.29) is 11.6 Å². The molecule has 0 spiro atoms. The number of oxazole rings is 1. The van der Waals surface area contributed by atoms with Gasteiger partial charge in [0.1, 0.15) is 6.26 Å². The third-order valence-corrected chi connectivity index (χ3v) is 5.46. The molecule has 9 heteroatoms. The van der Waals surface area contributed by atoms with Gasteiger partial charge in [0.2, 0.25) is 5.89 Å². The molecule has 1 atom stereocenters. The Kier molecular flexibility index (Phi) is 6.18. The molecule has 6 nitrogen and oxygen atoms in total. The molecule has 0 saturated carbocycles. The first kappa shape index (κ1) is 21.9. The van der Waals surface area contributed by atoms with E-state index in [0.29, 0.717) is 44.2 Å².